The lowest BCUT2D eigenvalue weighted by Crippen LogP contribution is -2.32. The molecule has 2 N–H and O–H groups in total. The van der Waals surface area contributed by atoms with E-state index in [1.807, 2.05) is 0 Å². The highest BCUT2D eigenvalue weighted by Gasteiger charge is 2.19. The number of anilines is 1. The molecule has 2 rings (SSSR count). The van der Waals surface area contributed by atoms with Gasteiger partial charge < -0.3 is 10.6 Å². The molecule has 0 aliphatic carbocycles. The van der Waals surface area contributed by atoms with Crippen molar-refractivity contribution in [2.45, 2.75) is 6.92 Å². The van der Waals surface area contributed by atoms with Crippen molar-refractivity contribution in [2.75, 3.05) is 11.4 Å². The zero-order chi connectivity index (χ0) is 15.4. The molecule has 4 nitrogen and oxygen atoms in total. The van der Waals surface area contributed by atoms with E-state index in [0.29, 0.717) is 12.1 Å². The summed E-state index contributed by atoms with van der Waals surface area (Å²) in [5.41, 5.74) is 6.50. The van der Waals surface area contributed by atoms with Gasteiger partial charge >= 0.3 is 0 Å². The number of rotatable bonds is 4. The number of nitrogens with two attached hydrogens (primary N) is 1. The standard InChI is InChI=1S/C15H14FN3OS/c1-2-19(13-6-4-3-5-11(13)16)15(20)12-8-7-10(9-18-12)14(17)21/h3-9H,2H2,1H3,(H2,17,21). The quantitative estimate of drug-likeness (QED) is 0.882. The molecule has 6 heteroatoms. The zero-order valence-electron chi connectivity index (χ0n) is 11.4. The minimum atomic E-state index is -0.451. The molecule has 1 heterocycles. The van der Waals surface area contributed by atoms with Gasteiger partial charge in [-0.1, -0.05) is 24.4 Å². The SMILES string of the molecule is CCN(C(=O)c1ccc(C(N)=S)cn1)c1ccccc1F. The van der Waals surface area contributed by atoms with E-state index < -0.39 is 5.82 Å². The number of carbonyl (C=O) groups is 1. The van der Waals surface area contributed by atoms with Gasteiger partial charge in [-0.25, -0.2) is 4.39 Å². The zero-order valence-corrected chi connectivity index (χ0v) is 12.2. The Morgan fingerprint density at radius 1 is 1.33 bits per heavy atom. The highest BCUT2D eigenvalue weighted by atomic mass is 32.1. The first-order valence-corrected chi connectivity index (χ1v) is 6.77. The molecule has 21 heavy (non-hydrogen) atoms. The summed E-state index contributed by atoms with van der Waals surface area (Å²) in [6.07, 6.45) is 1.44. The van der Waals surface area contributed by atoms with Crippen LogP contribution in [0.15, 0.2) is 42.6 Å². The molecular formula is C15H14FN3OS. The predicted octanol–water partition coefficient (Wildman–Crippen LogP) is 2.52. The maximum Gasteiger partial charge on any atom is 0.276 e. The van der Waals surface area contributed by atoms with E-state index in [1.165, 1.54) is 23.2 Å². The van der Waals surface area contributed by atoms with Gasteiger partial charge in [0.25, 0.3) is 5.91 Å². The average Bonchev–Trinajstić information content (AvgIpc) is 2.50. The number of aromatic nitrogens is 1. The second-order valence-electron chi connectivity index (χ2n) is 4.30. The Kier molecular flexibility index (Phi) is 4.59. The lowest BCUT2D eigenvalue weighted by atomic mass is 10.2. The van der Waals surface area contributed by atoms with E-state index in [0.717, 1.165) is 0 Å². The van der Waals surface area contributed by atoms with E-state index >= 15 is 0 Å². The second kappa shape index (κ2) is 6.41. The Balaban J connectivity index is 2.32. The molecule has 0 aliphatic rings. The second-order valence-corrected chi connectivity index (χ2v) is 4.74. The van der Waals surface area contributed by atoms with Crippen LogP contribution in [-0.2, 0) is 0 Å². The van der Waals surface area contributed by atoms with Crippen LogP contribution in [0.4, 0.5) is 10.1 Å². The number of nitrogens with zero attached hydrogens (tertiary/aromatic N) is 2. The fourth-order valence-electron chi connectivity index (χ4n) is 1.90. The number of benzene rings is 1. The van der Waals surface area contributed by atoms with E-state index in [4.69, 9.17) is 18.0 Å². The molecule has 1 amide bonds. The third-order valence-corrected chi connectivity index (χ3v) is 3.21. The minimum absolute atomic E-state index is 0.208. The van der Waals surface area contributed by atoms with E-state index in [9.17, 15) is 9.18 Å². The summed E-state index contributed by atoms with van der Waals surface area (Å²) >= 11 is 4.83. The summed E-state index contributed by atoms with van der Waals surface area (Å²) in [6.45, 7) is 2.10. The molecule has 0 atom stereocenters. The number of hydrogen-bond donors (Lipinski definition) is 1. The van der Waals surface area contributed by atoms with Crippen molar-refractivity contribution in [3.05, 3.63) is 59.7 Å². The average molecular weight is 303 g/mol. The highest BCUT2D eigenvalue weighted by molar-refractivity contribution is 7.80. The molecule has 108 valence electrons. The van der Waals surface area contributed by atoms with Crippen molar-refractivity contribution >= 4 is 28.8 Å². The van der Waals surface area contributed by atoms with Gasteiger partial charge in [0, 0.05) is 18.3 Å². The number of carbonyl (C=O) groups excluding carboxylic acids is 1. The van der Waals surface area contributed by atoms with Gasteiger partial charge in [-0.3, -0.25) is 9.78 Å². The number of amides is 1. The number of thiocarbonyl (C=S) groups is 1. The maximum absolute atomic E-state index is 13.8. The Morgan fingerprint density at radius 3 is 2.57 bits per heavy atom. The Morgan fingerprint density at radius 2 is 2.05 bits per heavy atom. The van der Waals surface area contributed by atoms with Crippen molar-refractivity contribution in [1.29, 1.82) is 0 Å². The van der Waals surface area contributed by atoms with Gasteiger partial charge in [0.05, 0.1) is 5.69 Å². The van der Waals surface area contributed by atoms with Crippen LogP contribution in [0, 0.1) is 5.82 Å². The molecule has 1 aromatic heterocycles. The predicted molar refractivity (Wildman–Crippen MR) is 83.9 cm³/mol. The lowest BCUT2D eigenvalue weighted by Gasteiger charge is -2.21. The van der Waals surface area contributed by atoms with Crippen LogP contribution in [0.3, 0.4) is 0 Å². The first-order chi connectivity index (χ1) is 10.0. The van der Waals surface area contributed by atoms with Gasteiger partial charge in [-0.2, -0.15) is 0 Å². The molecule has 1 aromatic carbocycles. The van der Waals surface area contributed by atoms with Crippen molar-refractivity contribution in [1.82, 2.24) is 4.98 Å². The summed E-state index contributed by atoms with van der Waals surface area (Å²) < 4.78 is 13.8. The maximum atomic E-state index is 13.8. The lowest BCUT2D eigenvalue weighted by molar-refractivity contribution is 0.0982. The van der Waals surface area contributed by atoms with Gasteiger partial charge in [0.2, 0.25) is 0 Å². The monoisotopic (exact) mass is 303 g/mol. The van der Waals surface area contributed by atoms with Crippen LogP contribution < -0.4 is 10.6 Å². The Labute approximate surface area is 127 Å². The fraction of sp³-hybridized carbons (Fsp3) is 0.133. The fourth-order valence-corrected chi connectivity index (χ4v) is 2.02. The van der Waals surface area contributed by atoms with E-state index in [1.54, 1.807) is 31.2 Å². The molecule has 0 saturated carbocycles. The molecular weight excluding hydrogens is 289 g/mol. The first-order valence-electron chi connectivity index (χ1n) is 6.36. The van der Waals surface area contributed by atoms with Crippen LogP contribution in [0.2, 0.25) is 0 Å². The Hall–Kier alpha value is -2.34. The Bertz CT molecular complexity index is 673. The van der Waals surface area contributed by atoms with Gasteiger partial charge in [0.15, 0.2) is 0 Å². The van der Waals surface area contributed by atoms with Crippen molar-refractivity contribution in [2.24, 2.45) is 5.73 Å². The summed E-state index contributed by atoms with van der Waals surface area (Å²) in [5.74, 6) is -0.829. The molecule has 0 unspecified atom stereocenters. The molecule has 0 saturated heterocycles. The number of para-hydroxylation sites is 1. The highest BCUT2D eigenvalue weighted by Crippen LogP contribution is 2.20. The molecule has 2 aromatic rings. The topological polar surface area (TPSA) is 59.2 Å². The third-order valence-electron chi connectivity index (χ3n) is 2.97. The number of hydrogen-bond acceptors (Lipinski definition) is 3. The smallest absolute Gasteiger partial charge is 0.276 e. The normalized spacial score (nSPS) is 10.2. The van der Waals surface area contributed by atoms with Crippen LogP contribution in [0.25, 0.3) is 0 Å². The summed E-state index contributed by atoms with van der Waals surface area (Å²) in [6, 6.07) is 9.27. The minimum Gasteiger partial charge on any atom is -0.389 e. The number of pyridine rings is 1. The third kappa shape index (κ3) is 3.22. The molecule has 0 radical (unpaired) electrons. The molecule has 0 bridgehead atoms. The molecule has 0 spiro atoms. The molecule has 0 aliphatic heterocycles. The van der Waals surface area contributed by atoms with Crippen LogP contribution in [0.1, 0.15) is 23.0 Å². The van der Waals surface area contributed by atoms with Crippen molar-refractivity contribution in [3.8, 4) is 0 Å². The van der Waals surface area contributed by atoms with Crippen molar-refractivity contribution in [3.63, 3.8) is 0 Å². The van der Waals surface area contributed by atoms with Crippen molar-refractivity contribution < 1.29 is 9.18 Å². The summed E-state index contributed by atoms with van der Waals surface area (Å²) in [4.78, 5) is 18.0. The summed E-state index contributed by atoms with van der Waals surface area (Å²) in [5, 5.41) is 0. The largest absolute Gasteiger partial charge is 0.389 e. The van der Waals surface area contributed by atoms with Crippen LogP contribution >= 0.6 is 12.2 Å². The van der Waals surface area contributed by atoms with E-state index in [2.05, 4.69) is 4.98 Å². The van der Waals surface area contributed by atoms with Crippen LogP contribution in [0.5, 0.6) is 0 Å². The first kappa shape index (κ1) is 15.1. The number of halogens is 1. The van der Waals surface area contributed by atoms with Crippen LogP contribution in [-0.4, -0.2) is 22.4 Å². The van der Waals surface area contributed by atoms with Gasteiger partial charge in [-0.15, -0.1) is 0 Å². The van der Waals surface area contributed by atoms with Gasteiger partial charge in [0.1, 0.15) is 16.5 Å². The van der Waals surface area contributed by atoms with E-state index in [-0.39, 0.29) is 22.3 Å². The molecule has 0 fully saturated rings. The van der Waals surface area contributed by atoms with Gasteiger partial charge in [-0.05, 0) is 31.2 Å². The summed E-state index contributed by atoms with van der Waals surface area (Å²) in [7, 11) is 0.